The first-order chi connectivity index (χ1) is 17.0. The van der Waals surface area contributed by atoms with Crippen molar-refractivity contribution in [1.29, 1.82) is 0 Å². The Bertz CT molecular complexity index is 1190. The van der Waals surface area contributed by atoms with Gasteiger partial charge in [0, 0.05) is 17.6 Å². The fourth-order valence-corrected chi connectivity index (χ4v) is 5.47. The fraction of sp³-hybridized carbons (Fsp3) is 0.440. The number of halogens is 3. The van der Waals surface area contributed by atoms with Gasteiger partial charge in [-0.05, 0) is 55.2 Å². The maximum absolute atomic E-state index is 13.7. The fourth-order valence-electron chi connectivity index (χ4n) is 4.33. The molecule has 1 aliphatic carbocycles. The number of hydrogen-bond donors (Lipinski definition) is 1. The normalized spacial score (nSPS) is 14.9. The summed E-state index contributed by atoms with van der Waals surface area (Å²) in [6, 6.07) is 9.54. The zero-order valence-electron chi connectivity index (χ0n) is 20.2. The van der Waals surface area contributed by atoms with E-state index in [1.165, 1.54) is 11.0 Å². The molecule has 2 aromatic rings. The van der Waals surface area contributed by atoms with Gasteiger partial charge in [0.15, 0.2) is 0 Å². The summed E-state index contributed by atoms with van der Waals surface area (Å²) < 4.78 is 39.8. The molecular formula is C25H30Cl2FN3O4S. The molecule has 1 fully saturated rings. The van der Waals surface area contributed by atoms with Gasteiger partial charge in [0.25, 0.3) is 0 Å². The number of nitrogens with one attached hydrogen (secondary N) is 1. The van der Waals surface area contributed by atoms with Crippen LogP contribution in [0.4, 0.5) is 10.1 Å². The minimum absolute atomic E-state index is 0.0483. The second-order valence-electron chi connectivity index (χ2n) is 8.93. The molecule has 0 unspecified atom stereocenters. The first-order valence-corrected chi connectivity index (χ1v) is 14.4. The van der Waals surface area contributed by atoms with Crippen LogP contribution in [0, 0.1) is 5.82 Å². The largest absolute Gasteiger partial charge is 0.352 e. The Morgan fingerprint density at radius 3 is 2.31 bits per heavy atom. The van der Waals surface area contributed by atoms with Gasteiger partial charge in [-0.15, -0.1) is 0 Å². The van der Waals surface area contributed by atoms with Crippen LogP contribution in [-0.4, -0.2) is 50.0 Å². The van der Waals surface area contributed by atoms with Crippen molar-refractivity contribution < 1.29 is 22.4 Å². The van der Waals surface area contributed by atoms with Gasteiger partial charge >= 0.3 is 0 Å². The number of nitrogens with zero attached hydrogens (tertiary/aromatic N) is 2. The molecule has 1 aliphatic rings. The molecule has 1 saturated carbocycles. The van der Waals surface area contributed by atoms with Crippen LogP contribution < -0.4 is 9.62 Å². The lowest BCUT2D eigenvalue weighted by Crippen LogP contribution is -2.53. The molecule has 7 nitrogen and oxygen atoms in total. The number of hydrogen-bond acceptors (Lipinski definition) is 4. The van der Waals surface area contributed by atoms with Gasteiger partial charge in [-0.3, -0.25) is 13.9 Å². The maximum atomic E-state index is 13.7. The highest BCUT2D eigenvalue weighted by molar-refractivity contribution is 7.92. The lowest BCUT2D eigenvalue weighted by atomic mass is 10.1. The summed E-state index contributed by atoms with van der Waals surface area (Å²) in [5.41, 5.74) is 0.780. The minimum Gasteiger partial charge on any atom is -0.352 e. The molecule has 11 heteroatoms. The van der Waals surface area contributed by atoms with Crippen molar-refractivity contribution in [1.82, 2.24) is 10.2 Å². The van der Waals surface area contributed by atoms with E-state index >= 15 is 0 Å². The summed E-state index contributed by atoms with van der Waals surface area (Å²) in [6.07, 6.45) is 5.14. The lowest BCUT2D eigenvalue weighted by molar-refractivity contribution is -0.140. The minimum atomic E-state index is -3.94. The molecule has 2 amide bonds. The number of amides is 2. The molecule has 1 atom stereocenters. The first-order valence-electron chi connectivity index (χ1n) is 11.8. The van der Waals surface area contributed by atoms with Gasteiger partial charge < -0.3 is 10.2 Å². The van der Waals surface area contributed by atoms with E-state index in [0.29, 0.717) is 11.4 Å². The predicted molar refractivity (Wildman–Crippen MR) is 140 cm³/mol. The van der Waals surface area contributed by atoms with E-state index in [2.05, 4.69) is 5.32 Å². The Morgan fingerprint density at radius 1 is 1.11 bits per heavy atom. The third-order valence-corrected chi connectivity index (χ3v) is 7.91. The van der Waals surface area contributed by atoms with E-state index in [1.54, 1.807) is 31.2 Å². The molecule has 0 aliphatic heterocycles. The summed E-state index contributed by atoms with van der Waals surface area (Å²) in [5.74, 6) is -1.56. The van der Waals surface area contributed by atoms with E-state index in [4.69, 9.17) is 23.2 Å². The number of carbonyl (C=O) groups excluding carboxylic acids is 2. The lowest BCUT2D eigenvalue weighted by Gasteiger charge is -2.33. The molecule has 36 heavy (non-hydrogen) atoms. The Balaban J connectivity index is 1.92. The zero-order chi connectivity index (χ0) is 26.5. The van der Waals surface area contributed by atoms with Crippen LogP contribution in [0.25, 0.3) is 0 Å². The molecule has 1 N–H and O–H groups in total. The predicted octanol–water partition coefficient (Wildman–Crippen LogP) is 4.76. The van der Waals surface area contributed by atoms with Crippen LogP contribution >= 0.6 is 23.2 Å². The Morgan fingerprint density at radius 2 is 1.75 bits per heavy atom. The van der Waals surface area contributed by atoms with Gasteiger partial charge in [0.2, 0.25) is 21.8 Å². The van der Waals surface area contributed by atoms with Gasteiger partial charge in [-0.1, -0.05) is 55.1 Å². The number of anilines is 1. The van der Waals surface area contributed by atoms with E-state index in [1.807, 2.05) is 0 Å². The molecular weight excluding hydrogens is 528 g/mol. The topological polar surface area (TPSA) is 86.8 Å². The molecule has 0 saturated heterocycles. The SMILES string of the molecule is CC[C@@H](C(=O)NC1CCCC1)N(Cc1ccc(Cl)cc1)C(=O)CN(c1ccc(F)c(Cl)c1)S(C)(=O)=O. The van der Waals surface area contributed by atoms with Crippen LogP contribution in [0.15, 0.2) is 42.5 Å². The highest BCUT2D eigenvalue weighted by Gasteiger charge is 2.33. The van der Waals surface area contributed by atoms with Gasteiger partial charge in [-0.25, -0.2) is 12.8 Å². The molecule has 0 bridgehead atoms. The summed E-state index contributed by atoms with van der Waals surface area (Å²) >= 11 is 11.9. The second-order valence-corrected chi connectivity index (χ2v) is 11.7. The number of benzene rings is 2. The first kappa shape index (κ1) is 28.2. The summed E-state index contributed by atoms with van der Waals surface area (Å²) in [6.45, 7) is 1.30. The molecule has 196 valence electrons. The Kier molecular flexibility index (Phi) is 9.60. The van der Waals surface area contributed by atoms with Crippen molar-refractivity contribution in [3.05, 3.63) is 63.9 Å². The third kappa shape index (κ3) is 7.33. The average Bonchev–Trinajstić information content (AvgIpc) is 3.32. The summed E-state index contributed by atoms with van der Waals surface area (Å²) in [4.78, 5) is 28.3. The van der Waals surface area contributed by atoms with Crippen LogP contribution in [0.5, 0.6) is 0 Å². The van der Waals surface area contributed by atoms with E-state index in [9.17, 15) is 22.4 Å². The van der Waals surface area contributed by atoms with Crippen molar-refractivity contribution >= 4 is 50.7 Å². The smallest absolute Gasteiger partial charge is 0.244 e. The number of rotatable bonds is 10. The molecule has 2 aromatic carbocycles. The monoisotopic (exact) mass is 557 g/mol. The number of sulfonamides is 1. The van der Waals surface area contributed by atoms with Crippen molar-refractivity contribution in [3.8, 4) is 0 Å². The quantitative estimate of drug-likeness (QED) is 0.456. The van der Waals surface area contributed by atoms with Crippen LogP contribution in [0.1, 0.15) is 44.6 Å². The zero-order valence-corrected chi connectivity index (χ0v) is 22.5. The van der Waals surface area contributed by atoms with Gasteiger partial charge in [-0.2, -0.15) is 0 Å². The summed E-state index contributed by atoms with van der Waals surface area (Å²) in [5, 5.41) is 3.30. The summed E-state index contributed by atoms with van der Waals surface area (Å²) in [7, 11) is -3.94. The van der Waals surface area contributed by atoms with Crippen molar-refractivity contribution in [3.63, 3.8) is 0 Å². The second kappa shape index (κ2) is 12.3. The Hall–Kier alpha value is -2.36. The van der Waals surface area contributed by atoms with E-state index in [-0.39, 0.29) is 29.2 Å². The average molecular weight is 559 g/mol. The standard InChI is InChI=1S/C25H30Cl2FN3O4S/c1-3-23(25(33)29-19-6-4-5-7-19)30(15-17-8-10-18(26)11-9-17)24(32)16-31(36(2,34)35)20-12-13-22(28)21(27)14-20/h8-14,19,23H,3-7,15-16H2,1-2H3,(H,29,33)/t23-/m0/s1. The molecule has 0 radical (unpaired) electrons. The van der Waals surface area contributed by atoms with Crippen LogP contribution in [0.2, 0.25) is 10.0 Å². The van der Waals surface area contributed by atoms with Crippen LogP contribution in [0.3, 0.4) is 0 Å². The van der Waals surface area contributed by atoms with Crippen molar-refractivity contribution in [2.24, 2.45) is 0 Å². The van der Waals surface area contributed by atoms with Crippen molar-refractivity contribution in [2.75, 3.05) is 17.1 Å². The van der Waals surface area contributed by atoms with E-state index < -0.39 is 34.3 Å². The third-order valence-electron chi connectivity index (χ3n) is 6.22. The van der Waals surface area contributed by atoms with E-state index in [0.717, 1.165) is 53.9 Å². The highest BCUT2D eigenvalue weighted by atomic mass is 35.5. The molecule has 0 heterocycles. The number of carbonyl (C=O) groups is 2. The van der Waals surface area contributed by atoms with Gasteiger partial charge in [0.05, 0.1) is 17.0 Å². The Labute approximate surface area is 221 Å². The van der Waals surface area contributed by atoms with Crippen LogP contribution in [-0.2, 0) is 26.2 Å². The van der Waals surface area contributed by atoms with Gasteiger partial charge in [0.1, 0.15) is 18.4 Å². The molecule has 0 spiro atoms. The molecule has 0 aromatic heterocycles. The van der Waals surface area contributed by atoms with Crippen molar-refractivity contribution in [2.45, 2.75) is 57.7 Å². The highest BCUT2D eigenvalue weighted by Crippen LogP contribution is 2.25. The molecule has 3 rings (SSSR count). The maximum Gasteiger partial charge on any atom is 0.244 e.